The van der Waals surface area contributed by atoms with Crippen molar-refractivity contribution in [1.29, 1.82) is 0 Å². The van der Waals surface area contributed by atoms with Gasteiger partial charge in [0.1, 0.15) is 0 Å². The minimum absolute atomic E-state index is 0.320. The number of rotatable bonds is 3. The minimum atomic E-state index is 0.320. The van der Waals surface area contributed by atoms with Crippen LogP contribution in [0.3, 0.4) is 0 Å². The Labute approximate surface area is 135 Å². The molecule has 2 fully saturated rings. The second kappa shape index (κ2) is 7.63. The van der Waals surface area contributed by atoms with Crippen LogP contribution in [0.25, 0.3) is 0 Å². The van der Waals surface area contributed by atoms with Gasteiger partial charge in [-0.05, 0) is 38.0 Å². The maximum absolute atomic E-state index is 12.7. The van der Waals surface area contributed by atoms with Crippen LogP contribution in [0.1, 0.15) is 51.9 Å². The molecule has 2 saturated heterocycles. The molecule has 0 radical (unpaired) electrons. The van der Waals surface area contributed by atoms with Crippen molar-refractivity contribution in [3.8, 4) is 0 Å². The van der Waals surface area contributed by atoms with Crippen molar-refractivity contribution >= 4 is 5.91 Å². The van der Waals surface area contributed by atoms with Crippen molar-refractivity contribution in [2.24, 2.45) is 17.8 Å². The number of amides is 1. The van der Waals surface area contributed by atoms with E-state index in [2.05, 4.69) is 24.0 Å². The average molecular weight is 305 g/mol. The Balaban J connectivity index is 1.42. The number of likely N-dealkylation sites (tertiary alicyclic amines) is 2. The van der Waals surface area contributed by atoms with E-state index in [9.17, 15) is 4.79 Å². The van der Waals surface area contributed by atoms with Crippen molar-refractivity contribution in [2.45, 2.75) is 51.9 Å². The fourth-order valence-electron chi connectivity index (χ4n) is 4.57. The van der Waals surface area contributed by atoms with Gasteiger partial charge in [0.15, 0.2) is 0 Å². The van der Waals surface area contributed by atoms with Crippen LogP contribution >= 0.6 is 0 Å². The molecule has 2 aliphatic heterocycles. The van der Waals surface area contributed by atoms with E-state index in [-0.39, 0.29) is 0 Å². The van der Waals surface area contributed by atoms with E-state index in [0.717, 1.165) is 31.8 Å². The monoisotopic (exact) mass is 305 g/mol. The molecule has 0 aromatic rings. The number of nitrogens with one attached hydrogen (secondary N) is 1. The standard InChI is InChI=1S/C19H32N2O/c1-16-6-5-11-21(14-16)19(22)18-9-12-20(13-10-18)15-17-7-3-2-4-8-17/h2-3,16-18H,4-15H2,1H3/p+1/t16-,17+/m1/s1. The van der Waals surface area contributed by atoms with E-state index in [1.807, 2.05) is 0 Å². The first kappa shape index (κ1) is 16.0. The molecule has 3 rings (SSSR count). The molecule has 1 aliphatic carbocycles. The van der Waals surface area contributed by atoms with Gasteiger partial charge in [-0.25, -0.2) is 0 Å². The molecule has 0 saturated carbocycles. The number of hydrogen-bond donors (Lipinski definition) is 1. The summed E-state index contributed by atoms with van der Waals surface area (Å²) < 4.78 is 0. The molecule has 0 unspecified atom stereocenters. The van der Waals surface area contributed by atoms with Crippen LogP contribution in [0.2, 0.25) is 0 Å². The Kier molecular flexibility index (Phi) is 5.56. The average Bonchev–Trinajstić information content (AvgIpc) is 2.56. The van der Waals surface area contributed by atoms with E-state index in [0.29, 0.717) is 17.7 Å². The third kappa shape index (κ3) is 4.13. The summed E-state index contributed by atoms with van der Waals surface area (Å²) in [5.74, 6) is 2.37. The zero-order valence-electron chi connectivity index (χ0n) is 14.2. The molecule has 1 amide bonds. The maximum Gasteiger partial charge on any atom is 0.226 e. The van der Waals surface area contributed by atoms with E-state index < -0.39 is 0 Å². The largest absolute Gasteiger partial charge is 0.342 e. The van der Waals surface area contributed by atoms with Gasteiger partial charge in [-0.1, -0.05) is 19.1 Å². The van der Waals surface area contributed by atoms with Crippen LogP contribution in [0.5, 0.6) is 0 Å². The summed E-state index contributed by atoms with van der Waals surface area (Å²) >= 11 is 0. The highest BCUT2D eigenvalue weighted by Crippen LogP contribution is 2.21. The quantitative estimate of drug-likeness (QED) is 0.792. The second-order valence-corrected chi connectivity index (χ2v) is 7.91. The Morgan fingerprint density at radius 1 is 1.18 bits per heavy atom. The Bertz CT molecular complexity index is 398. The molecule has 0 aromatic carbocycles. The summed E-state index contributed by atoms with van der Waals surface area (Å²) in [5.41, 5.74) is 0. The first-order chi connectivity index (χ1) is 10.7. The topological polar surface area (TPSA) is 24.8 Å². The number of carbonyl (C=O) groups is 1. The van der Waals surface area contributed by atoms with Crippen LogP contribution in [-0.2, 0) is 4.79 Å². The van der Waals surface area contributed by atoms with E-state index in [1.54, 1.807) is 4.90 Å². The summed E-state index contributed by atoms with van der Waals surface area (Å²) in [5, 5.41) is 0. The first-order valence-electron chi connectivity index (χ1n) is 9.49. The van der Waals surface area contributed by atoms with E-state index in [4.69, 9.17) is 0 Å². The van der Waals surface area contributed by atoms with Gasteiger partial charge in [0.05, 0.1) is 19.6 Å². The number of allylic oxidation sites excluding steroid dienone is 2. The highest BCUT2D eigenvalue weighted by molar-refractivity contribution is 5.79. The number of carbonyl (C=O) groups excluding carboxylic acids is 1. The first-order valence-corrected chi connectivity index (χ1v) is 9.49. The number of quaternary nitrogens is 1. The predicted octanol–water partition coefficient (Wildman–Crippen LogP) is 1.90. The molecular formula is C19H33N2O+. The molecule has 3 heteroatoms. The Hall–Kier alpha value is -0.830. The van der Waals surface area contributed by atoms with Crippen molar-refractivity contribution in [2.75, 3.05) is 32.7 Å². The van der Waals surface area contributed by atoms with Gasteiger partial charge in [-0.15, -0.1) is 0 Å². The third-order valence-corrected chi connectivity index (χ3v) is 5.97. The fourth-order valence-corrected chi connectivity index (χ4v) is 4.57. The zero-order chi connectivity index (χ0) is 15.4. The third-order valence-electron chi connectivity index (χ3n) is 5.97. The predicted molar refractivity (Wildman–Crippen MR) is 89.7 cm³/mol. The van der Waals surface area contributed by atoms with Gasteiger partial charge in [-0.3, -0.25) is 4.79 Å². The van der Waals surface area contributed by atoms with Gasteiger partial charge >= 0.3 is 0 Å². The molecule has 1 N–H and O–H groups in total. The van der Waals surface area contributed by atoms with Crippen LogP contribution < -0.4 is 4.90 Å². The highest BCUT2D eigenvalue weighted by Gasteiger charge is 2.32. The SMILES string of the molecule is C[C@@H]1CCCN(C(=O)C2CC[NH+](C[C@H]3CC=CCC3)CC2)C1. The zero-order valence-corrected chi connectivity index (χ0v) is 14.2. The minimum Gasteiger partial charge on any atom is -0.342 e. The van der Waals surface area contributed by atoms with Crippen LogP contribution in [0, 0.1) is 17.8 Å². The van der Waals surface area contributed by atoms with Crippen LogP contribution in [0.15, 0.2) is 12.2 Å². The molecule has 0 spiro atoms. The van der Waals surface area contributed by atoms with Crippen molar-refractivity contribution < 1.29 is 9.69 Å². The molecule has 124 valence electrons. The summed E-state index contributed by atoms with van der Waals surface area (Å²) in [7, 11) is 0. The molecule has 2 heterocycles. The number of piperidine rings is 2. The molecule has 3 aliphatic rings. The maximum atomic E-state index is 12.7. The van der Waals surface area contributed by atoms with Crippen LogP contribution in [0.4, 0.5) is 0 Å². The normalized spacial score (nSPS) is 36.3. The summed E-state index contributed by atoms with van der Waals surface area (Å²) in [4.78, 5) is 16.6. The van der Waals surface area contributed by atoms with Crippen molar-refractivity contribution in [3.63, 3.8) is 0 Å². The molecule has 3 nitrogen and oxygen atoms in total. The lowest BCUT2D eigenvalue weighted by atomic mass is 9.90. The molecular weight excluding hydrogens is 272 g/mol. The molecule has 0 aromatic heterocycles. The lowest BCUT2D eigenvalue weighted by Crippen LogP contribution is -3.13. The lowest BCUT2D eigenvalue weighted by molar-refractivity contribution is -0.909. The summed E-state index contributed by atoms with van der Waals surface area (Å²) in [6.07, 6.45) is 13.3. The Morgan fingerprint density at radius 3 is 2.68 bits per heavy atom. The second-order valence-electron chi connectivity index (χ2n) is 7.91. The highest BCUT2D eigenvalue weighted by atomic mass is 16.2. The fraction of sp³-hybridized carbons (Fsp3) is 0.842. The van der Waals surface area contributed by atoms with Gasteiger partial charge in [0.25, 0.3) is 0 Å². The number of hydrogen-bond acceptors (Lipinski definition) is 1. The van der Waals surface area contributed by atoms with Crippen molar-refractivity contribution in [1.82, 2.24) is 4.90 Å². The van der Waals surface area contributed by atoms with Gasteiger partial charge in [0, 0.05) is 37.8 Å². The molecule has 0 bridgehead atoms. The lowest BCUT2D eigenvalue weighted by Gasteiger charge is -2.36. The summed E-state index contributed by atoms with van der Waals surface area (Å²) in [6.45, 7) is 8.03. The number of nitrogens with zero attached hydrogens (tertiary/aromatic N) is 1. The van der Waals surface area contributed by atoms with Gasteiger partial charge in [0.2, 0.25) is 5.91 Å². The van der Waals surface area contributed by atoms with E-state index in [1.165, 1.54) is 51.7 Å². The van der Waals surface area contributed by atoms with E-state index >= 15 is 0 Å². The van der Waals surface area contributed by atoms with Gasteiger partial charge in [-0.2, -0.15) is 0 Å². The van der Waals surface area contributed by atoms with Gasteiger partial charge < -0.3 is 9.80 Å². The summed E-state index contributed by atoms with van der Waals surface area (Å²) in [6, 6.07) is 0. The van der Waals surface area contributed by atoms with Crippen LogP contribution in [-0.4, -0.2) is 43.5 Å². The Morgan fingerprint density at radius 2 is 2.00 bits per heavy atom. The molecule has 2 atom stereocenters. The smallest absolute Gasteiger partial charge is 0.226 e. The van der Waals surface area contributed by atoms with Crippen molar-refractivity contribution in [3.05, 3.63) is 12.2 Å². The molecule has 22 heavy (non-hydrogen) atoms.